The second-order valence-electron chi connectivity index (χ2n) is 5.76. The number of benzene rings is 1. The van der Waals surface area contributed by atoms with Crippen molar-refractivity contribution in [3.05, 3.63) is 53.6 Å². The Kier molecular flexibility index (Phi) is 3.64. The van der Waals surface area contributed by atoms with Gasteiger partial charge in [-0.1, -0.05) is 30.3 Å². The second-order valence-corrected chi connectivity index (χ2v) is 5.76. The van der Waals surface area contributed by atoms with E-state index in [9.17, 15) is 5.11 Å². The molecule has 21 heavy (non-hydrogen) atoms. The molecule has 1 N–H and O–H groups in total. The molecule has 1 aromatic carbocycles. The number of hydrogen-bond acceptors (Lipinski definition) is 4. The van der Waals surface area contributed by atoms with Crippen LogP contribution < -0.4 is 4.74 Å². The molecular formula is C17H20N2O2. The fraction of sp³-hybridized carbons (Fsp3) is 0.412. The second kappa shape index (κ2) is 5.45. The lowest BCUT2D eigenvalue weighted by atomic mass is 9.94. The monoisotopic (exact) mass is 284 g/mol. The number of rotatable bonds is 5. The van der Waals surface area contributed by atoms with E-state index in [1.54, 1.807) is 6.20 Å². The molecule has 1 heterocycles. The summed E-state index contributed by atoms with van der Waals surface area (Å²) in [6.07, 6.45) is 2.69. The molecule has 1 aromatic heterocycles. The van der Waals surface area contributed by atoms with Crippen molar-refractivity contribution >= 4 is 0 Å². The third-order valence-corrected chi connectivity index (χ3v) is 4.34. The average molecular weight is 284 g/mol. The molecule has 0 saturated heterocycles. The van der Waals surface area contributed by atoms with Crippen LogP contribution in [-0.4, -0.2) is 28.3 Å². The summed E-state index contributed by atoms with van der Waals surface area (Å²) in [5.74, 6) is 1.74. The van der Waals surface area contributed by atoms with E-state index in [1.807, 2.05) is 32.0 Å². The van der Waals surface area contributed by atoms with Crippen LogP contribution in [0.3, 0.4) is 0 Å². The Bertz CT molecular complexity index is 630. The first-order chi connectivity index (χ1) is 10.2. The molecule has 0 aliphatic heterocycles. The molecule has 110 valence electrons. The number of aryl methyl sites for hydroxylation is 2. The van der Waals surface area contributed by atoms with Gasteiger partial charge in [-0.3, -0.25) is 0 Å². The number of aliphatic hydroxyl groups excluding tert-OH is 1. The molecule has 0 amide bonds. The predicted molar refractivity (Wildman–Crippen MR) is 80.3 cm³/mol. The number of hydrogen-bond donors (Lipinski definition) is 1. The Morgan fingerprint density at radius 3 is 2.67 bits per heavy atom. The van der Waals surface area contributed by atoms with Crippen molar-refractivity contribution in [3.63, 3.8) is 0 Å². The smallest absolute Gasteiger partial charge is 0.158 e. The number of nitrogens with zero attached hydrogens (tertiary/aromatic N) is 2. The largest absolute Gasteiger partial charge is 0.489 e. The van der Waals surface area contributed by atoms with E-state index < -0.39 is 0 Å². The third kappa shape index (κ3) is 2.63. The van der Waals surface area contributed by atoms with Gasteiger partial charge >= 0.3 is 0 Å². The van der Waals surface area contributed by atoms with Crippen LogP contribution in [-0.2, 0) is 5.41 Å². The van der Waals surface area contributed by atoms with Gasteiger partial charge in [0.05, 0.1) is 18.5 Å². The molecule has 0 spiro atoms. The van der Waals surface area contributed by atoms with Gasteiger partial charge in [0.2, 0.25) is 0 Å². The van der Waals surface area contributed by atoms with Gasteiger partial charge in [-0.25, -0.2) is 9.97 Å². The van der Waals surface area contributed by atoms with Gasteiger partial charge in [0.15, 0.2) is 5.75 Å². The van der Waals surface area contributed by atoms with E-state index in [1.165, 1.54) is 5.56 Å². The summed E-state index contributed by atoms with van der Waals surface area (Å²) in [6, 6.07) is 10.3. The summed E-state index contributed by atoms with van der Waals surface area (Å²) in [6.45, 7) is 4.54. The Labute approximate surface area is 124 Å². The van der Waals surface area contributed by atoms with Gasteiger partial charge in [0.1, 0.15) is 5.82 Å². The zero-order valence-electron chi connectivity index (χ0n) is 12.4. The Balaban J connectivity index is 1.78. The van der Waals surface area contributed by atoms with Crippen LogP contribution in [0.5, 0.6) is 5.75 Å². The van der Waals surface area contributed by atoms with E-state index in [4.69, 9.17) is 4.74 Å². The molecule has 1 unspecified atom stereocenters. The van der Waals surface area contributed by atoms with Crippen LogP contribution in [0.2, 0.25) is 0 Å². The van der Waals surface area contributed by atoms with Gasteiger partial charge in [0.25, 0.3) is 0 Å². The van der Waals surface area contributed by atoms with Crippen molar-refractivity contribution in [2.24, 2.45) is 5.92 Å². The first kappa shape index (κ1) is 14.0. The van der Waals surface area contributed by atoms with Crippen LogP contribution in [0.15, 0.2) is 36.5 Å². The Morgan fingerprint density at radius 1 is 1.29 bits per heavy atom. The highest BCUT2D eigenvalue weighted by Crippen LogP contribution is 2.54. The van der Waals surface area contributed by atoms with Crippen LogP contribution in [0, 0.1) is 19.8 Å². The van der Waals surface area contributed by atoms with E-state index in [2.05, 4.69) is 22.1 Å². The minimum atomic E-state index is -0.0761. The lowest BCUT2D eigenvalue weighted by molar-refractivity contribution is 0.224. The lowest BCUT2D eigenvalue weighted by Gasteiger charge is -2.19. The first-order valence-electron chi connectivity index (χ1n) is 7.25. The molecule has 2 atom stereocenters. The van der Waals surface area contributed by atoms with Crippen LogP contribution >= 0.6 is 0 Å². The van der Waals surface area contributed by atoms with Crippen molar-refractivity contribution in [2.75, 3.05) is 13.2 Å². The summed E-state index contributed by atoms with van der Waals surface area (Å²) >= 11 is 0. The van der Waals surface area contributed by atoms with Crippen molar-refractivity contribution in [1.29, 1.82) is 0 Å². The van der Waals surface area contributed by atoms with E-state index in [0.717, 1.165) is 23.7 Å². The maximum atomic E-state index is 9.51. The number of ether oxygens (including phenoxy) is 1. The topological polar surface area (TPSA) is 55.2 Å². The van der Waals surface area contributed by atoms with E-state index >= 15 is 0 Å². The minimum absolute atomic E-state index is 0.0761. The average Bonchev–Trinajstić information content (AvgIpc) is 3.22. The molecular weight excluding hydrogens is 264 g/mol. The zero-order chi connectivity index (χ0) is 14.9. The molecule has 4 nitrogen and oxygen atoms in total. The SMILES string of the molecule is Cc1ncc(OCC2(c3ccccc3)C[C@H]2CO)c(C)n1. The highest BCUT2D eigenvalue weighted by molar-refractivity contribution is 5.35. The van der Waals surface area contributed by atoms with Crippen molar-refractivity contribution < 1.29 is 9.84 Å². The normalized spacial score (nSPS) is 23.9. The van der Waals surface area contributed by atoms with Crippen LogP contribution in [0.4, 0.5) is 0 Å². The number of aliphatic hydroxyl groups is 1. The van der Waals surface area contributed by atoms with Crippen molar-refractivity contribution in [3.8, 4) is 5.75 Å². The highest BCUT2D eigenvalue weighted by atomic mass is 16.5. The lowest BCUT2D eigenvalue weighted by Crippen LogP contribution is -2.22. The van der Waals surface area contributed by atoms with Gasteiger partial charge in [0, 0.05) is 12.0 Å². The van der Waals surface area contributed by atoms with Gasteiger partial charge in [-0.05, 0) is 31.7 Å². The number of aromatic nitrogens is 2. The first-order valence-corrected chi connectivity index (χ1v) is 7.25. The molecule has 0 bridgehead atoms. The fourth-order valence-electron chi connectivity index (χ4n) is 2.92. The maximum Gasteiger partial charge on any atom is 0.158 e. The summed E-state index contributed by atoms with van der Waals surface area (Å²) in [5, 5.41) is 9.51. The summed E-state index contributed by atoms with van der Waals surface area (Å²) in [5.41, 5.74) is 2.01. The Hall–Kier alpha value is -1.94. The molecule has 2 aromatic rings. The standard InChI is InChI=1S/C17H20N2O2/c1-12-16(9-18-13(2)19-12)21-11-17(8-15(17)10-20)14-6-4-3-5-7-14/h3-7,9,15,20H,8,10-11H2,1-2H3/t15-,17?/m0/s1. The van der Waals surface area contributed by atoms with E-state index in [-0.39, 0.29) is 17.9 Å². The molecule has 3 rings (SSSR count). The fourth-order valence-corrected chi connectivity index (χ4v) is 2.92. The molecule has 4 heteroatoms. The summed E-state index contributed by atoms with van der Waals surface area (Å²) in [4.78, 5) is 8.51. The minimum Gasteiger partial charge on any atom is -0.489 e. The summed E-state index contributed by atoms with van der Waals surface area (Å²) in [7, 11) is 0. The van der Waals surface area contributed by atoms with Crippen molar-refractivity contribution in [1.82, 2.24) is 9.97 Å². The molecule has 1 fully saturated rings. The zero-order valence-corrected chi connectivity index (χ0v) is 12.4. The summed E-state index contributed by atoms with van der Waals surface area (Å²) < 4.78 is 5.97. The van der Waals surface area contributed by atoms with Crippen LogP contribution in [0.25, 0.3) is 0 Å². The van der Waals surface area contributed by atoms with Crippen LogP contribution in [0.1, 0.15) is 23.5 Å². The highest BCUT2D eigenvalue weighted by Gasteiger charge is 2.55. The molecule has 0 radical (unpaired) electrons. The van der Waals surface area contributed by atoms with Gasteiger partial charge < -0.3 is 9.84 Å². The van der Waals surface area contributed by atoms with Gasteiger partial charge in [-0.2, -0.15) is 0 Å². The Morgan fingerprint density at radius 2 is 2.05 bits per heavy atom. The molecule has 1 aliphatic rings. The molecule has 1 saturated carbocycles. The van der Waals surface area contributed by atoms with E-state index in [0.29, 0.717) is 6.61 Å². The quantitative estimate of drug-likeness (QED) is 0.916. The predicted octanol–water partition coefficient (Wildman–Crippen LogP) is 2.42. The van der Waals surface area contributed by atoms with Gasteiger partial charge in [-0.15, -0.1) is 0 Å². The molecule has 1 aliphatic carbocycles. The maximum absolute atomic E-state index is 9.51. The van der Waals surface area contributed by atoms with Crippen molar-refractivity contribution in [2.45, 2.75) is 25.7 Å². The third-order valence-electron chi connectivity index (χ3n) is 4.34.